The van der Waals surface area contributed by atoms with E-state index in [2.05, 4.69) is 26.0 Å². The van der Waals surface area contributed by atoms with Gasteiger partial charge in [0.2, 0.25) is 10.0 Å². The molecule has 10 heteroatoms. The van der Waals surface area contributed by atoms with Crippen LogP contribution in [0.1, 0.15) is 0 Å². The van der Waals surface area contributed by atoms with Gasteiger partial charge in [-0.2, -0.15) is 0 Å². The fourth-order valence-corrected chi connectivity index (χ4v) is 3.55. The number of urea groups is 1. The second-order valence-corrected chi connectivity index (χ2v) is 6.46. The Bertz CT molecular complexity index is 593. The van der Waals surface area contributed by atoms with Gasteiger partial charge in [-0.3, -0.25) is 0 Å². The first-order valence-electron chi connectivity index (χ1n) is 5.01. The molecule has 0 saturated carbocycles. The number of primary amides is 1. The number of rotatable bonds is 5. The number of amides is 2. The van der Waals surface area contributed by atoms with Crippen LogP contribution in [-0.2, 0) is 10.0 Å². The van der Waals surface area contributed by atoms with Crippen molar-refractivity contribution in [1.29, 1.82) is 0 Å². The molecule has 0 aliphatic heterocycles. The molecule has 0 aliphatic rings. The lowest BCUT2D eigenvalue weighted by atomic mass is 10.3. The molecular formula is C9H12BrClN4O3S. The summed E-state index contributed by atoms with van der Waals surface area (Å²) in [6, 6.07) is 1.97. The summed E-state index contributed by atoms with van der Waals surface area (Å²) in [6.45, 7) is 0.0619. The number of nitrogens with two attached hydrogens (primary N) is 2. The van der Waals surface area contributed by atoms with Gasteiger partial charge in [-0.25, -0.2) is 17.9 Å². The number of halogens is 2. The van der Waals surface area contributed by atoms with E-state index < -0.39 is 16.1 Å². The van der Waals surface area contributed by atoms with Gasteiger partial charge in [-0.05, 0) is 28.1 Å². The van der Waals surface area contributed by atoms with Gasteiger partial charge in [-0.1, -0.05) is 11.6 Å². The standard InChI is InChI=1S/C9H12BrClN4O3S/c10-8-6(12)3-5(11)4-7(8)19(17,18)15-2-1-14-9(13)16/h3-4,15H,1-2,12H2,(H3,13,14,16). The van der Waals surface area contributed by atoms with E-state index in [1.54, 1.807) is 0 Å². The highest BCUT2D eigenvalue weighted by molar-refractivity contribution is 9.10. The van der Waals surface area contributed by atoms with Crippen LogP contribution in [0, 0.1) is 0 Å². The maximum absolute atomic E-state index is 12.0. The second-order valence-electron chi connectivity index (χ2n) is 3.50. The molecule has 0 aromatic heterocycles. The number of carbonyl (C=O) groups excluding carboxylic acids is 1. The normalized spacial score (nSPS) is 11.3. The zero-order chi connectivity index (χ0) is 14.6. The SMILES string of the molecule is NC(=O)NCCNS(=O)(=O)c1cc(Cl)cc(N)c1Br. The molecule has 0 fully saturated rings. The van der Waals surface area contributed by atoms with Crippen molar-refractivity contribution in [3.8, 4) is 0 Å². The van der Waals surface area contributed by atoms with E-state index in [1.165, 1.54) is 12.1 Å². The number of anilines is 1. The highest BCUT2D eigenvalue weighted by Gasteiger charge is 2.19. The molecule has 0 saturated heterocycles. The van der Waals surface area contributed by atoms with E-state index in [0.717, 1.165) is 0 Å². The van der Waals surface area contributed by atoms with Crippen molar-refractivity contribution in [3.63, 3.8) is 0 Å². The minimum absolute atomic E-state index is 0.00979. The third-order valence-electron chi connectivity index (χ3n) is 2.04. The third-order valence-corrected chi connectivity index (χ3v) is 4.89. The molecule has 0 heterocycles. The minimum atomic E-state index is -3.79. The first-order valence-corrected chi connectivity index (χ1v) is 7.67. The van der Waals surface area contributed by atoms with E-state index in [1.807, 2.05) is 0 Å². The summed E-state index contributed by atoms with van der Waals surface area (Å²) in [7, 11) is -3.79. The first-order chi connectivity index (χ1) is 8.74. The van der Waals surface area contributed by atoms with Gasteiger partial charge in [0.15, 0.2) is 0 Å². The van der Waals surface area contributed by atoms with Crippen molar-refractivity contribution in [2.24, 2.45) is 5.73 Å². The Labute approximate surface area is 123 Å². The van der Waals surface area contributed by atoms with Crippen molar-refractivity contribution in [3.05, 3.63) is 21.6 Å². The molecule has 1 aromatic rings. The summed E-state index contributed by atoms with van der Waals surface area (Å²) in [5, 5.41) is 2.46. The highest BCUT2D eigenvalue weighted by Crippen LogP contribution is 2.31. The number of hydrogen-bond acceptors (Lipinski definition) is 4. The molecule has 0 unspecified atom stereocenters. The molecule has 19 heavy (non-hydrogen) atoms. The van der Waals surface area contributed by atoms with E-state index in [0.29, 0.717) is 0 Å². The molecule has 0 radical (unpaired) electrons. The second kappa shape index (κ2) is 6.42. The number of sulfonamides is 1. The van der Waals surface area contributed by atoms with Gasteiger partial charge in [0.05, 0.1) is 9.37 Å². The topological polar surface area (TPSA) is 127 Å². The summed E-state index contributed by atoms with van der Waals surface area (Å²) in [6.07, 6.45) is 0. The Morgan fingerprint density at radius 3 is 2.58 bits per heavy atom. The van der Waals surface area contributed by atoms with Crippen LogP contribution in [0.3, 0.4) is 0 Å². The summed E-state index contributed by atoms with van der Waals surface area (Å²) in [5.41, 5.74) is 10.7. The number of nitrogen functional groups attached to an aromatic ring is 1. The number of carbonyl (C=O) groups is 1. The van der Waals surface area contributed by atoms with Crippen molar-refractivity contribution in [2.45, 2.75) is 4.90 Å². The van der Waals surface area contributed by atoms with Crippen molar-refractivity contribution < 1.29 is 13.2 Å². The van der Waals surface area contributed by atoms with Gasteiger partial charge in [0.25, 0.3) is 0 Å². The van der Waals surface area contributed by atoms with Gasteiger partial charge in [-0.15, -0.1) is 0 Å². The van der Waals surface area contributed by atoms with Crippen molar-refractivity contribution >= 4 is 49.3 Å². The van der Waals surface area contributed by atoms with E-state index in [9.17, 15) is 13.2 Å². The van der Waals surface area contributed by atoms with Crippen LogP contribution in [0.5, 0.6) is 0 Å². The molecular weight excluding hydrogens is 360 g/mol. The maximum atomic E-state index is 12.0. The van der Waals surface area contributed by atoms with Crippen molar-refractivity contribution in [1.82, 2.24) is 10.0 Å². The summed E-state index contributed by atoms with van der Waals surface area (Å²) < 4.78 is 26.5. The fourth-order valence-electron chi connectivity index (χ4n) is 1.23. The third kappa shape index (κ3) is 4.53. The summed E-state index contributed by atoms with van der Waals surface area (Å²) in [5.74, 6) is 0. The molecule has 0 atom stereocenters. The highest BCUT2D eigenvalue weighted by atomic mass is 79.9. The predicted molar refractivity (Wildman–Crippen MR) is 76.3 cm³/mol. The van der Waals surface area contributed by atoms with Crippen LogP contribution in [0.25, 0.3) is 0 Å². The molecule has 0 aliphatic carbocycles. The average molecular weight is 372 g/mol. The molecule has 0 bridgehead atoms. The van der Waals surface area contributed by atoms with E-state index in [4.69, 9.17) is 23.1 Å². The van der Waals surface area contributed by atoms with E-state index in [-0.39, 0.29) is 33.2 Å². The molecule has 6 N–H and O–H groups in total. The van der Waals surface area contributed by atoms with Crippen molar-refractivity contribution in [2.75, 3.05) is 18.8 Å². The summed E-state index contributed by atoms with van der Waals surface area (Å²) >= 11 is 8.85. The van der Waals surface area contributed by atoms with Gasteiger partial charge < -0.3 is 16.8 Å². The molecule has 1 aromatic carbocycles. The van der Waals surface area contributed by atoms with Gasteiger partial charge >= 0.3 is 6.03 Å². The van der Waals surface area contributed by atoms with E-state index >= 15 is 0 Å². The fraction of sp³-hybridized carbons (Fsp3) is 0.222. The molecule has 106 valence electrons. The largest absolute Gasteiger partial charge is 0.398 e. The van der Waals surface area contributed by atoms with Gasteiger partial charge in [0.1, 0.15) is 0 Å². The average Bonchev–Trinajstić information content (AvgIpc) is 2.29. The molecule has 2 amide bonds. The predicted octanol–water partition coefficient (Wildman–Crippen LogP) is 0.631. The zero-order valence-electron chi connectivity index (χ0n) is 9.61. The zero-order valence-corrected chi connectivity index (χ0v) is 12.8. The number of benzene rings is 1. The van der Waals surface area contributed by atoms with Crippen LogP contribution < -0.4 is 21.5 Å². The van der Waals surface area contributed by atoms with Gasteiger partial charge in [0, 0.05) is 23.8 Å². The van der Waals surface area contributed by atoms with Crippen LogP contribution in [0.2, 0.25) is 5.02 Å². The number of nitrogens with one attached hydrogen (secondary N) is 2. The Morgan fingerprint density at radius 2 is 2.00 bits per heavy atom. The summed E-state index contributed by atoms with van der Waals surface area (Å²) in [4.78, 5) is 10.4. The maximum Gasteiger partial charge on any atom is 0.312 e. The molecule has 7 nitrogen and oxygen atoms in total. The Hall–Kier alpha value is -1.03. The van der Waals surface area contributed by atoms with Crippen LogP contribution in [-0.4, -0.2) is 27.5 Å². The van der Waals surface area contributed by atoms with Crippen LogP contribution >= 0.6 is 27.5 Å². The lowest BCUT2D eigenvalue weighted by Crippen LogP contribution is -2.37. The Balaban J connectivity index is 2.86. The minimum Gasteiger partial charge on any atom is -0.398 e. The Kier molecular flexibility index (Phi) is 5.41. The Morgan fingerprint density at radius 1 is 1.37 bits per heavy atom. The lowest BCUT2D eigenvalue weighted by molar-refractivity contribution is 0.249. The molecule has 0 spiro atoms. The quantitative estimate of drug-likeness (QED) is 0.447. The lowest BCUT2D eigenvalue weighted by Gasteiger charge is -2.10. The monoisotopic (exact) mass is 370 g/mol. The first kappa shape index (κ1) is 16.0. The number of hydrogen-bond donors (Lipinski definition) is 4. The smallest absolute Gasteiger partial charge is 0.312 e. The van der Waals surface area contributed by atoms with Crippen LogP contribution in [0.15, 0.2) is 21.5 Å². The van der Waals surface area contributed by atoms with Crippen LogP contribution in [0.4, 0.5) is 10.5 Å². The molecule has 1 rings (SSSR count).